The monoisotopic (exact) mass is 571 g/mol. The molecule has 0 bridgehead atoms. The molecule has 8 nitrogen and oxygen atoms in total. The van der Waals surface area contributed by atoms with Gasteiger partial charge in [0, 0.05) is 48.1 Å². The number of piperidine rings is 1. The van der Waals surface area contributed by atoms with E-state index in [1.54, 1.807) is 0 Å². The maximum absolute atomic E-state index is 13.5. The van der Waals surface area contributed by atoms with Crippen LogP contribution in [-0.4, -0.2) is 66.0 Å². The number of carbonyl (C=O) groups excluding carboxylic acids is 2. The van der Waals surface area contributed by atoms with Crippen molar-refractivity contribution in [1.29, 1.82) is 0 Å². The van der Waals surface area contributed by atoms with E-state index in [9.17, 15) is 19.8 Å². The lowest BCUT2D eigenvalue weighted by molar-refractivity contribution is -0.141. The average Bonchev–Trinajstić information content (AvgIpc) is 3.32. The van der Waals surface area contributed by atoms with E-state index in [-0.39, 0.29) is 23.8 Å². The number of ether oxygens (including phenoxy) is 1. The summed E-state index contributed by atoms with van der Waals surface area (Å²) >= 11 is 6.83. The van der Waals surface area contributed by atoms with Gasteiger partial charge in [-0.15, -0.1) is 0 Å². The summed E-state index contributed by atoms with van der Waals surface area (Å²) in [6.07, 6.45) is 2.87. The maximum Gasteiger partial charge on any atom is 0.406 e. The second-order valence-corrected chi connectivity index (χ2v) is 11.6. The number of nitrogens with zero attached hydrogens (tertiary/aromatic N) is 1. The quantitative estimate of drug-likeness (QED) is 0.334. The van der Waals surface area contributed by atoms with Gasteiger partial charge in [-0.2, -0.15) is 0 Å². The van der Waals surface area contributed by atoms with Gasteiger partial charge in [0.2, 0.25) is 5.91 Å². The third-order valence-corrected chi connectivity index (χ3v) is 8.94. The van der Waals surface area contributed by atoms with E-state index in [1.165, 1.54) is 12.7 Å². The SMILES string of the molecule is CCc1cccc(-c2c(Cl)cccc2[C@](O)(CCCNC(=O)OC)[C@@H]2CCCN(C(=O)[C@H]3C[C@@H](N)[C@@H](O)C3)C2)c1. The number of hydrogen-bond acceptors (Lipinski definition) is 6. The zero-order valence-corrected chi connectivity index (χ0v) is 24.2. The van der Waals surface area contributed by atoms with Gasteiger partial charge in [-0.25, -0.2) is 4.79 Å². The number of nitrogens with one attached hydrogen (secondary N) is 1. The molecule has 0 radical (unpaired) electrons. The zero-order valence-electron chi connectivity index (χ0n) is 23.4. The number of hydrogen-bond donors (Lipinski definition) is 4. The van der Waals surface area contributed by atoms with Crippen LogP contribution in [0.15, 0.2) is 42.5 Å². The number of rotatable bonds is 9. The molecule has 1 saturated carbocycles. The Morgan fingerprint density at radius 3 is 2.70 bits per heavy atom. The van der Waals surface area contributed by atoms with Crippen LogP contribution in [0.3, 0.4) is 0 Å². The smallest absolute Gasteiger partial charge is 0.406 e. The van der Waals surface area contributed by atoms with Gasteiger partial charge in [0.1, 0.15) is 0 Å². The molecule has 2 aromatic rings. The number of benzene rings is 2. The molecule has 2 aliphatic rings. The Labute approximate surface area is 241 Å². The fourth-order valence-corrected chi connectivity index (χ4v) is 6.66. The largest absolute Gasteiger partial charge is 0.453 e. The van der Waals surface area contributed by atoms with Crippen LogP contribution in [0.1, 0.15) is 56.6 Å². The molecule has 1 heterocycles. The summed E-state index contributed by atoms with van der Waals surface area (Å²) in [7, 11) is 1.32. The Morgan fingerprint density at radius 2 is 2.00 bits per heavy atom. The van der Waals surface area contributed by atoms with E-state index >= 15 is 0 Å². The lowest BCUT2D eigenvalue weighted by Crippen LogP contribution is -2.49. The van der Waals surface area contributed by atoms with Gasteiger partial charge in [0.15, 0.2) is 0 Å². The van der Waals surface area contributed by atoms with E-state index in [1.807, 2.05) is 35.2 Å². The number of aliphatic hydroxyl groups is 2. The van der Waals surface area contributed by atoms with E-state index in [0.717, 1.165) is 36.0 Å². The molecule has 218 valence electrons. The molecule has 4 rings (SSSR count). The van der Waals surface area contributed by atoms with Crippen LogP contribution in [0.25, 0.3) is 11.1 Å². The highest BCUT2D eigenvalue weighted by Gasteiger charge is 2.44. The molecule has 0 unspecified atom stereocenters. The van der Waals surface area contributed by atoms with Crippen LogP contribution in [0, 0.1) is 11.8 Å². The van der Waals surface area contributed by atoms with Crippen molar-refractivity contribution in [1.82, 2.24) is 10.2 Å². The van der Waals surface area contributed by atoms with Gasteiger partial charge < -0.3 is 30.9 Å². The molecule has 1 aliphatic carbocycles. The molecular formula is C31H42ClN3O5. The number of methoxy groups -OCH3 is 1. The van der Waals surface area contributed by atoms with Gasteiger partial charge in [0.25, 0.3) is 0 Å². The van der Waals surface area contributed by atoms with Crippen LogP contribution >= 0.6 is 11.6 Å². The van der Waals surface area contributed by atoms with Crippen LogP contribution in [-0.2, 0) is 21.6 Å². The standard InChI is InChI=1S/C31H42ClN3O5/c1-3-20-8-4-9-21(16-20)28-24(11-5-12-25(28)32)31(39,13-7-14-34-30(38)40-2)23-10-6-15-35(19-23)29(37)22-17-26(33)27(36)18-22/h4-5,8-9,11-12,16,22-23,26-27,36,39H,3,6-7,10,13-15,17-19,33H2,1-2H3,(H,34,38)/t22-,23+,26+,27-,31-/m0/s1. The predicted molar refractivity (Wildman–Crippen MR) is 156 cm³/mol. The van der Waals surface area contributed by atoms with Crippen LogP contribution < -0.4 is 11.1 Å². The van der Waals surface area contributed by atoms with Crippen molar-refractivity contribution in [2.75, 3.05) is 26.7 Å². The number of likely N-dealkylation sites (tertiary alicyclic amines) is 1. The highest BCUT2D eigenvalue weighted by atomic mass is 35.5. The Balaban J connectivity index is 1.68. The minimum Gasteiger partial charge on any atom is -0.453 e. The average molecular weight is 572 g/mol. The lowest BCUT2D eigenvalue weighted by atomic mass is 9.72. The highest BCUT2D eigenvalue weighted by molar-refractivity contribution is 6.33. The third kappa shape index (κ3) is 6.62. The van der Waals surface area contributed by atoms with Gasteiger partial charge >= 0.3 is 6.09 Å². The number of amides is 2. The first-order valence-corrected chi connectivity index (χ1v) is 14.7. The van der Waals surface area contributed by atoms with E-state index in [2.05, 4.69) is 24.4 Å². The third-order valence-electron chi connectivity index (χ3n) is 8.63. The summed E-state index contributed by atoms with van der Waals surface area (Å²) in [4.78, 5) is 27.0. The highest BCUT2D eigenvalue weighted by Crippen LogP contribution is 2.46. The lowest BCUT2D eigenvalue weighted by Gasteiger charge is -2.44. The Bertz CT molecular complexity index is 1180. The minimum absolute atomic E-state index is 0.00614. The number of aliphatic hydroxyl groups excluding tert-OH is 1. The summed E-state index contributed by atoms with van der Waals surface area (Å²) in [6.45, 7) is 3.44. The summed E-state index contributed by atoms with van der Waals surface area (Å²) in [5.74, 6) is -0.567. The number of aryl methyl sites for hydroxylation is 1. The summed E-state index contributed by atoms with van der Waals surface area (Å²) in [5, 5.41) is 26.1. The van der Waals surface area contributed by atoms with Gasteiger partial charge in [0.05, 0.1) is 18.8 Å². The molecule has 1 saturated heterocycles. The Kier molecular flexibility index (Phi) is 10.1. The van der Waals surface area contributed by atoms with Crippen molar-refractivity contribution in [2.45, 2.75) is 69.6 Å². The van der Waals surface area contributed by atoms with Crippen LogP contribution in [0.2, 0.25) is 5.02 Å². The molecule has 2 amide bonds. The fraction of sp³-hybridized carbons (Fsp3) is 0.548. The number of alkyl carbamates (subject to hydrolysis) is 1. The number of halogens is 1. The summed E-state index contributed by atoms with van der Waals surface area (Å²) in [6, 6.07) is 13.4. The molecule has 5 N–H and O–H groups in total. The molecule has 0 aromatic heterocycles. The van der Waals surface area contributed by atoms with Gasteiger partial charge in [-0.05, 0) is 67.7 Å². The topological polar surface area (TPSA) is 125 Å². The molecule has 9 heteroatoms. The van der Waals surface area contributed by atoms with Crippen molar-refractivity contribution in [3.63, 3.8) is 0 Å². The molecule has 2 aromatic carbocycles. The van der Waals surface area contributed by atoms with Crippen molar-refractivity contribution in [3.8, 4) is 11.1 Å². The molecule has 1 aliphatic heterocycles. The van der Waals surface area contributed by atoms with E-state index in [4.69, 9.17) is 22.1 Å². The van der Waals surface area contributed by atoms with E-state index in [0.29, 0.717) is 50.3 Å². The first kappa shape index (κ1) is 30.3. The zero-order chi connectivity index (χ0) is 28.9. The van der Waals surface area contributed by atoms with Crippen molar-refractivity contribution < 1.29 is 24.5 Å². The fourth-order valence-electron chi connectivity index (χ4n) is 6.38. The molecule has 5 atom stereocenters. The van der Waals surface area contributed by atoms with Gasteiger partial charge in [-0.3, -0.25) is 4.79 Å². The van der Waals surface area contributed by atoms with E-state index < -0.39 is 17.8 Å². The second kappa shape index (κ2) is 13.3. The maximum atomic E-state index is 13.5. The van der Waals surface area contributed by atoms with Crippen molar-refractivity contribution >= 4 is 23.6 Å². The minimum atomic E-state index is -1.31. The van der Waals surface area contributed by atoms with Crippen LogP contribution in [0.5, 0.6) is 0 Å². The van der Waals surface area contributed by atoms with Crippen molar-refractivity contribution in [3.05, 3.63) is 58.6 Å². The molecule has 40 heavy (non-hydrogen) atoms. The first-order chi connectivity index (χ1) is 19.2. The van der Waals surface area contributed by atoms with Crippen LogP contribution in [0.4, 0.5) is 4.79 Å². The second-order valence-electron chi connectivity index (χ2n) is 11.2. The normalized spacial score (nSPS) is 24.4. The summed E-state index contributed by atoms with van der Waals surface area (Å²) in [5.41, 5.74) is 8.30. The van der Waals surface area contributed by atoms with Crippen molar-refractivity contribution in [2.24, 2.45) is 17.6 Å². The van der Waals surface area contributed by atoms with Gasteiger partial charge in [-0.1, -0.05) is 54.9 Å². The molecule has 2 fully saturated rings. The number of nitrogens with two attached hydrogens (primary N) is 1. The Hall–Kier alpha value is -2.65. The molecular weight excluding hydrogens is 530 g/mol. The summed E-state index contributed by atoms with van der Waals surface area (Å²) < 4.78 is 4.70. The first-order valence-electron chi connectivity index (χ1n) is 14.3. The Morgan fingerprint density at radius 1 is 1.23 bits per heavy atom. The number of carbonyl (C=O) groups is 2. The molecule has 0 spiro atoms. The predicted octanol–water partition coefficient (Wildman–Crippen LogP) is 4.23.